The minimum absolute atomic E-state index is 0.0726. The van der Waals surface area contributed by atoms with E-state index in [9.17, 15) is 0 Å². The fraction of sp³-hybridized carbons (Fsp3) is 0.667. The highest BCUT2D eigenvalue weighted by Crippen LogP contribution is 2.17. The molecule has 1 unspecified atom stereocenters. The molecule has 0 fully saturated rings. The number of aliphatic hydroxyl groups is 1. The van der Waals surface area contributed by atoms with E-state index in [1.807, 2.05) is 24.7 Å². The van der Waals surface area contributed by atoms with Crippen molar-refractivity contribution in [3.63, 3.8) is 0 Å². The molecular weight excluding hydrogens is 166 g/mol. The van der Waals surface area contributed by atoms with Crippen LogP contribution in [0.25, 0.3) is 0 Å². The molecule has 1 aromatic heterocycles. The zero-order valence-electron chi connectivity index (χ0n) is 8.36. The van der Waals surface area contributed by atoms with Gasteiger partial charge in [-0.05, 0) is 20.8 Å². The maximum atomic E-state index is 9.03. The summed E-state index contributed by atoms with van der Waals surface area (Å²) in [5.74, 6) is 0. The Balaban J connectivity index is 2.91. The lowest BCUT2D eigenvalue weighted by Crippen LogP contribution is -2.36. The van der Waals surface area contributed by atoms with Crippen LogP contribution in [-0.2, 0) is 5.54 Å². The van der Waals surface area contributed by atoms with E-state index in [1.165, 1.54) is 0 Å². The summed E-state index contributed by atoms with van der Waals surface area (Å²) < 4.78 is 1.83. The Morgan fingerprint density at radius 1 is 1.69 bits per heavy atom. The highest BCUT2D eigenvalue weighted by Gasteiger charge is 2.21. The molecule has 0 radical (unpaired) electrons. The van der Waals surface area contributed by atoms with Gasteiger partial charge in [-0.15, -0.1) is 0 Å². The summed E-state index contributed by atoms with van der Waals surface area (Å²) in [6, 6.07) is 0.322. The number of nitrogens with two attached hydrogens (primary N) is 1. The Hall–Kier alpha value is -0.870. The minimum atomic E-state index is -0.687. The van der Waals surface area contributed by atoms with Crippen molar-refractivity contribution in [2.24, 2.45) is 5.73 Å². The molecule has 0 spiro atoms. The number of aromatic nitrogens is 2. The average Bonchev–Trinajstić information content (AvgIpc) is 2.52. The van der Waals surface area contributed by atoms with Crippen molar-refractivity contribution >= 4 is 0 Å². The number of hydrogen-bond acceptors (Lipinski definition) is 3. The maximum absolute atomic E-state index is 9.03. The lowest BCUT2D eigenvalue weighted by Gasteiger charge is -2.19. The zero-order chi connectivity index (χ0) is 10.1. The number of hydrogen-bond donors (Lipinski definition) is 2. The molecule has 74 valence electrons. The third-order valence-electron chi connectivity index (χ3n) is 2.12. The normalized spacial score (nSPS) is 16.2. The molecule has 1 aromatic rings. The molecule has 0 saturated heterocycles. The number of nitrogens with zero attached hydrogens (tertiary/aromatic N) is 2. The van der Waals surface area contributed by atoms with Crippen molar-refractivity contribution in [2.45, 2.75) is 32.4 Å². The summed E-state index contributed by atoms with van der Waals surface area (Å²) in [6.07, 6.45) is 3.58. The predicted octanol–water partition coefficient (Wildman–Crippen LogP) is 0.630. The van der Waals surface area contributed by atoms with Gasteiger partial charge >= 0.3 is 0 Å². The van der Waals surface area contributed by atoms with Crippen LogP contribution in [0.4, 0.5) is 0 Å². The first-order chi connectivity index (χ1) is 5.97. The molecule has 13 heavy (non-hydrogen) atoms. The van der Waals surface area contributed by atoms with Crippen LogP contribution in [0.2, 0.25) is 0 Å². The van der Waals surface area contributed by atoms with Crippen LogP contribution in [0.1, 0.15) is 32.4 Å². The van der Waals surface area contributed by atoms with Gasteiger partial charge in [-0.1, -0.05) is 0 Å². The summed E-state index contributed by atoms with van der Waals surface area (Å²) in [5.41, 5.74) is 6.02. The van der Waals surface area contributed by atoms with Gasteiger partial charge in [0.05, 0.1) is 18.3 Å². The topological polar surface area (TPSA) is 64.1 Å². The van der Waals surface area contributed by atoms with Gasteiger partial charge in [0.2, 0.25) is 0 Å². The molecule has 1 heterocycles. The van der Waals surface area contributed by atoms with Gasteiger partial charge in [0, 0.05) is 17.8 Å². The largest absolute Gasteiger partial charge is 0.394 e. The fourth-order valence-corrected chi connectivity index (χ4v) is 1.01. The minimum Gasteiger partial charge on any atom is -0.394 e. The van der Waals surface area contributed by atoms with E-state index in [0.29, 0.717) is 6.04 Å². The maximum Gasteiger partial charge on any atom is 0.0651 e. The molecule has 0 aromatic carbocycles. The zero-order valence-corrected chi connectivity index (χ0v) is 8.36. The van der Waals surface area contributed by atoms with E-state index in [1.54, 1.807) is 13.1 Å². The molecule has 0 saturated carbocycles. The Bertz CT molecular complexity index is 278. The van der Waals surface area contributed by atoms with Gasteiger partial charge in [0.15, 0.2) is 0 Å². The summed E-state index contributed by atoms with van der Waals surface area (Å²) in [7, 11) is 0. The van der Waals surface area contributed by atoms with Gasteiger partial charge in [0.1, 0.15) is 0 Å². The van der Waals surface area contributed by atoms with Gasteiger partial charge in [-0.3, -0.25) is 4.68 Å². The van der Waals surface area contributed by atoms with Crippen molar-refractivity contribution in [3.05, 3.63) is 18.0 Å². The molecule has 1 rings (SSSR count). The second kappa shape index (κ2) is 3.47. The first-order valence-electron chi connectivity index (χ1n) is 4.42. The third-order valence-corrected chi connectivity index (χ3v) is 2.12. The molecule has 0 aliphatic rings. The Labute approximate surface area is 78.4 Å². The van der Waals surface area contributed by atoms with Crippen LogP contribution >= 0.6 is 0 Å². The van der Waals surface area contributed by atoms with Crippen LogP contribution in [0, 0.1) is 0 Å². The molecule has 1 atom stereocenters. The second-order valence-electron chi connectivity index (χ2n) is 3.88. The van der Waals surface area contributed by atoms with Crippen LogP contribution in [0.5, 0.6) is 0 Å². The first-order valence-corrected chi connectivity index (χ1v) is 4.42. The molecule has 0 amide bonds. The van der Waals surface area contributed by atoms with E-state index in [4.69, 9.17) is 10.8 Å². The van der Waals surface area contributed by atoms with Crippen molar-refractivity contribution in [2.75, 3.05) is 6.61 Å². The lowest BCUT2D eigenvalue weighted by molar-refractivity contribution is 0.210. The van der Waals surface area contributed by atoms with E-state index >= 15 is 0 Å². The monoisotopic (exact) mass is 183 g/mol. The summed E-state index contributed by atoms with van der Waals surface area (Å²) >= 11 is 0. The van der Waals surface area contributed by atoms with E-state index in [2.05, 4.69) is 5.10 Å². The summed E-state index contributed by atoms with van der Waals surface area (Å²) in [5, 5.41) is 13.2. The average molecular weight is 183 g/mol. The molecule has 4 heteroatoms. The quantitative estimate of drug-likeness (QED) is 0.722. The van der Waals surface area contributed by atoms with Crippen molar-refractivity contribution in [1.29, 1.82) is 0 Å². The lowest BCUT2D eigenvalue weighted by atomic mass is 9.98. The standard InChI is InChI=1S/C9H17N3O/c1-7(2)12-5-8(4-11-12)9(3,10)6-13/h4-5,7,13H,6,10H2,1-3H3. The highest BCUT2D eigenvalue weighted by atomic mass is 16.3. The van der Waals surface area contributed by atoms with Crippen LogP contribution in [-0.4, -0.2) is 21.5 Å². The van der Waals surface area contributed by atoms with Gasteiger partial charge in [-0.2, -0.15) is 5.10 Å². The predicted molar refractivity (Wildman–Crippen MR) is 51.2 cm³/mol. The van der Waals surface area contributed by atoms with Crippen LogP contribution < -0.4 is 5.73 Å². The van der Waals surface area contributed by atoms with Gasteiger partial charge in [0.25, 0.3) is 0 Å². The van der Waals surface area contributed by atoms with Crippen molar-refractivity contribution in [3.8, 4) is 0 Å². The summed E-state index contributed by atoms with van der Waals surface area (Å²) in [6.45, 7) is 5.80. The molecule has 0 aliphatic carbocycles. The van der Waals surface area contributed by atoms with Crippen molar-refractivity contribution < 1.29 is 5.11 Å². The second-order valence-corrected chi connectivity index (χ2v) is 3.88. The Kier molecular flexibility index (Phi) is 2.73. The van der Waals surface area contributed by atoms with Crippen LogP contribution in [0.3, 0.4) is 0 Å². The summed E-state index contributed by atoms with van der Waals surface area (Å²) in [4.78, 5) is 0. The van der Waals surface area contributed by atoms with Gasteiger partial charge < -0.3 is 10.8 Å². The van der Waals surface area contributed by atoms with Crippen LogP contribution in [0.15, 0.2) is 12.4 Å². The molecule has 0 bridgehead atoms. The first kappa shape index (κ1) is 10.2. The molecule has 0 aliphatic heterocycles. The van der Waals surface area contributed by atoms with E-state index < -0.39 is 5.54 Å². The third kappa shape index (κ3) is 2.08. The highest BCUT2D eigenvalue weighted by molar-refractivity contribution is 5.16. The number of rotatable bonds is 3. The van der Waals surface area contributed by atoms with Gasteiger partial charge in [-0.25, -0.2) is 0 Å². The number of aliphatic hydroxyl groups excluding tert-OH is 1. The van der Waals surface area contributed by atoms with Crippen molar-refractivity contribution in [1.82, 2.24) is 9.78 Å². The fourth-order valence-electron chi connectivity index (χ4n) is 1.01. The molecular formula is C9H17N3O. The molecule has 3 N–H and O–H groups in total. The van der Waals surface area contributed by atoms with E-state index in [0.717, 1.165) is 5.56 Å². The Morgan fingerprint density at radius 3 is 2.69 bits per heavy atom. The Morgan fingerprint density at radius 2 is 2.31 bits per heavy atom. The molecule has 4 nitrogen and oxygen atoms in total. The van der Waals surface area contributed by atoms with E-state index in [-0.39, 0.29) is 6.61 Å². The SMILES string of the molecule is CC(C)n1cc(C(C)(N)CO)cn1. The smallest absolute Gasteiger partial charge is 0.0651 e.